The van der Waals surface area contributed by atoms with Crippen LogP contribution in [0.1, 0.15) is 18.4 Å². The van der Waals surface area contributed by atoms with Gasteiger partial charge in [0.15, 0.2) is 0 Å². The van der Waals surface area contributed by atoms with Gasteiger partial charge in [-0.15, -0.1) is 0 Å². The van der Waals surface area contributed by atoms with Gasteiger partial charge in [-0.2, -0.15) is 0 Å². The molecule has 1 aromatic carbocycles. The van der Waals surface area contributed by atoms with E-state index in [1.807, 2.05) is 6.07 Å². The van der Waals surface area contributed by atoms with Crippen LogP contribution in [-0.2, 0) is 20.7 Å². The maximum Gasteiger partial charge on any atom is 0.240 e. The summed E-state index contributed by atoms with van der Waals surface area (Å²) in [6, 6.07) is 5.42. The predicted molar refractivity (Wildman–Crippen MR) is 81.0 cm³/mol. The Morgan fingerprint density at radius 2 is 2.24 bits per heavy atom. The van der Waals surface area contributed by atoms with Crippen LogP contribution in [0.25, 0.3) is 0 Å². The topological polar surface area (TPSA) is 84.7 Å². The smallest absolute Gasteiger partial charge is 0.240 e. The molecule has 3 N–H and O–H groups in total. The van der Waals surface area contributed by atoms with Crippen LogP contribution < -0.4 is 16.0 Å². The molecular weight excluding hydrogens is 270 g/mol. The molecule has 0 saturated heterocycles. The molecule has 0 saturated carbocycles. The zero-order valence-electron chi connectivity index (χ0n) is 12.2. The molecule has 0 radical (unpaired) electrons. The predicted octanol–water partition coefficient (Wildman–Crippen LogP) is 0.701. The van der Waals surface area contributed by atoms with Crippen molar-refractivity contribution in [3.63, 3.8) is 0 Å². The Morgan fingerprint density at radius 3 is 3.00 bits per heavy atom. The summed E-state index contributed by atoms with van der Waals surface area (Å²) in [6.07, 6.45) is 1.84. The number of benzene rings is 1. The lowest BCUT2D eigenvalue weighted by atomic mass is 10.0. The van der Waals surface area contributed by atoms with E-state index in [1.165, 1.54) is 4.90 Å². The highest BCUT2D eigenvalue weighted by atomic mass is 16.5. The molecule has 0 aromatic heterocycles. The van der Waals surface area contributed by atoms with Crippen molar-refractivity contribution in [1.29, 1.82) is 0 Å². The van der Waals surface area contributed by atoms with Crippen molar-refractivity contribution >= 4 is 23.2 Å². The molecule has 1 aliphatic heterocycles. The number of nitrogens with two attached hydrogens (primary N) is 1. The van der Waals surface area contributed by atoms with E-state index in [-0.39, 0.29) is 18.4 Å². The van der Waals surface area contributed by atoms with E-state index in [0.717, 1.165) is 17.7 Å². The van der Waals surface area contributed by atoms with E-state index in [9.17, 15) is 9.59 Å². The average molecular weight is 291 g/mol. The summed E-state index contributed by atoms with van der Waals surface area (Å²) in [5.74, 6) is -0.191. The van der Waals surface area contributed by atoms with E-state index >= 15 is 0 Å². The van der Waals surface area contributed by atoms with Crippen LogP contribution in [0.15, 0.2) is 18.2 Å². The van der Waals surface area contributed by atoms with E-state index in [0.29, 0.717) is 31.7 Å². The Bertz CT molecular complexity index is 531. The molecule has 21 heavy (non-hydrogen) atoms. The molecule has 114 valence electrons. The highest BCUT2D eigenvalue weighted by molar-refractivity contribution is 6.01. The Labute approximate surface area is 124 Å². The van der Waals surface area contributed by atoms with Gasteiger partial charge in [0.2, 0.25) is 11.8 Å². The molecule has 6 heteroatoms. The van der Waals surface area contributed by atoms with E-state index in [2.05, 4.69) is 5.32 Å². The van der Waals surface area contributed by atoms with Crippen LogP contribution in [0.2, 0.25) is 0 Å². The third-order valence-corrected chi connectivity index (χ3v) is 3.45. The van der Waals surface area contributed by atoms with Gasteiger partial charge in [0.05, 0.1) is 0 Å². The van der Waals surface area contributed by atoms with Gasteiger partial charge in [0.1, 0.15) is 6.54 Å². The fraction of sp³-hybridized carbons (Fsp3) is 0.467. The summed E-state index contributed by atoms with van der Waals surface area (Å²) >= 11 is 0. The number of methoxy groups -OCH3 is 1. The molecule has 0 fully saturated rings. The first-order chi connectivity index (χ1) is 10.1. The van der Waals surface area contributed by atoms with Crippen molar-refractivity contribution in [3.05, 3.63) is 23.8 Å². The number of hydrogen-bond donors (Lipinski definition) is 2. The molecule has 0 unspecified atom stereocenters. The normalized spacial score (nSPS) is 14.0. The second-order valence-electron chi connectivity index (χ2n) is 5.06. The van der Waals surface area contributed by atoms with Gasteiger partial charge in [-0.3, -0.25) is 9.59 Å². The highest BCUT2D eigenvalue weighted by Crippen LogP contribution is 2.29. The second-order valence-corrected chi connectivity index (χ2v) is 5.06. The third kappa shape index (κ3) is 3.95. The number of carbonyl (C=O) groups excluding carboxylic acids is 2. The van der Waals surface area contributed by atoms with Gasteiger partial charge in [-0.1, -0.05) is 0 Å². The van der Waals surface area contributed by atoms with Crippen LogP contribution in [-0.4, -0.2) is 38.6 Å². The molecule has 2 amide bonds. The molecule has 1 aliphatic rings. The Hall–Kier alpha value is -2.08. The Kier molecular flexibility index (Phi) is 5.16. The summed E-state index contributed by atoms with van der Waals surface area (Å²) in [6.45, 7) is 1.19. The lowest BCUT2D eigenvalue weighted by Gasteiger charge is -2.29. The molecule has 0 bridgehead atoms. The number of ether oxygens (including phenoxy) is 1. The number of nitrogens with one attached hydrogen (secondary N) is 1. The fourth-order valence-electron chi connectivity index (χ4n) is 2.40. The number of nitrogens with zero attached hydrogens (tertiary/aromatic N) is 1. The fourth-order valence-corrected chi connectivity index (χ4v) is 2.40. The van der Waals surface area contributed by atoms with Crippen LogP contribution >= 0.6 is 0 Å². The van der Waals surface area contributed by atoms with Gasteiger partial charge in [0.25, 0.3) is 0 Å². The third-order valence-electron chi connectivity index (χ3n) is 3.45. The number of fused-ring (bicyclic) bond motifs is 1. The van der Waals surface area contributed by atoms with Crippen LogP contribution in [0.3, 0.4) is 0 Å². The number of rotatable bonds is 6. The maximum atomic E-state index is 12.0. The number of aryl methyl sites for hydroxylation is 1. The quantitative estimate of drug-likeness (QED) is 0.597. The average Bonchev–Trinajstić information content (AvgIpc) is 2.46. The summed E-state index contributed by atoms with van der Waals surface area (Å²) < 4.78 is 4.92. The van der Waals surface area contributed by atoms with Gasteiger partial charge in [-0.05, 0) is 36.6 Å². The monoisotopic (exact) mass is 291 g/mol. The minimum absolute atomic E-state index is 0.0284. The van der Waals surface area contributed by atoms with E-state index in [1.54, 1.807) is 19.2 Å². The van der Waals surface area contributed by atoms with Crippen molar-refractivity contribution < 1.29 is 14.3 Å². The number of anilines is 2. The number of amides is 2. The molecule has 1 heterocycles. The number of carbonyl (C=O) groups is 2. The molecule has 6 nitrogen and oxygen atoms in total. The molecular formula is C15H21N3O3. The first-order valence-electron chi connectivity index (χ1n) is 7.06. The van der Waals surface area contributed by atoms with Gasteiger partial charge in [0, 0.05) is 38.1 Å². The van der Waals surface area contributed by atoms with Crippen LogP contribution in [0, 0.1) is 0 Å². The van der Waals surface area contributed by atoms with Crippen molar-refractivity contribution in [2.24, 2.45) is 0 Å². The van der Waals surface area contributed by atoms with Crippen LogP contribution in [0.4, 0.5) is 11.4 Å². The SMILES string of the molecule is COCCCNC(=O)CN1C(=O)CCc2cc(N)ccc21. The van der Waals surface area contributed by atoms with E-state index < -0.39 is 0 Å². The molecule has 0 spiro atoms. The minimum Gasteiger partial charge on any atom is -0.399 e. The first kappa shape index (κ1) is 15.3. The van der Waals surface area contributed by atoms with Gasteiger partial charge >= 0.3 is 0 Å². The van der Waals surface area contributed by atoms with E-state index in [4.69, 9.17) is 10.5 Å². The summed E-state index contributed by atoms with van der Waals surface area (Å²) in [7, 11) is 1.62. The van der Waals surface area contributed by atoms with Gasteiger partial charge in [-0.25, -0.2) is 0 Å². The zero-order chi connectivity index (χ0) is 15.2. The standard InChI is InChI=1S/C15H21N3O3/c1-21-8-2-7-17-14(19)10-18-13-5-4-12(16)9-11(13)3-6-15(18)20/h4-5,9H,2-3,6-8,10,16H2,1H3,(H,17,19). The summed E-state index contributed by atoms with van der Waals surface area (Å²) in [4.78, 5) is 25.5. The summed E-state index contributed by atoms with van der Waals surface area (Å²) in [5, 5.41) is 2.79. The van der Waals surface area contributed by atoms with Crippen molar-refractivity contribution in [2.45, 2.75) is 19.3 Å². The van der Waals surface area contributed by atoms with Crippen molar-refractivity contribution in [3.8, 4) is 0 Å². The van der Waals surface area contributed by atoms with Crippen molar-refractivity contribution in [1.82, 2.24) is 5.32 Å². The van der Waals surface area contributed by atoms with Crippen LogP contribution in [0.5, 0.6) is 0 Å². The maximum absolute atomic E-state index is 12.0. The Balaban J connectivity index is 1.99. The number of hydrogen-bond acceptors (Lipinski definition) is 4. The largest absolute Gasteiger partial charge is 0.399 e. The molecule has 1 aromatic rings. The molecule has 2 rings (SSSR count). The highest BCUT2D eigenvalue weighted by Gasteiger charge is 2.25. The lowest BCUT2D eigenvalue weighted by Crippen LogP contribution is -2.43. The zero-order valence-corrected chi connectivity index (χ0v) is 12.2. The lowest BCUT2D eigenvalue weighted by molar-refractivity contribution is -0.124. The molecule has 0 atom stereocenters. The Morgan fingerprint density at radius 1 is 1.43 bits per heavy atom. The molecule has 0 aliphatic carbocycles. The number of nitrogen functional groups attached to an aromatic ring is 1. The van der Waals surface area contributed by atoms with Gasteiger partial charge < -0.3 is 20.7 Å². The first-order valence-corrected chi connectivity index (χ1v) is 7.06. The minimum atomic E-state index is -0.163. The van der Waals surface area contributed by atoms with Crippen molar-refractivity contribution in [2.75, 3.05) is 37.4 Å². The summed E-state index contributed by atoms with van der Waals surface area (Å²) in [5.41, 5.74) is 8.24. The second kappa shape index (κ2) is 7.08.